The highest BCUT2D eigenvalue weighted by Crippen LogP contribution is 2.21. The molecular weight excluding hydrogens is 338 g/mol. The van der Waals surface area contributed by atoms with Crippen LogP contribution < -0.4 is 15.2 Å². The van der Waals surface area contributed by atoms with Gasteiger partial charge >= 0.3 is 0 Å². The average molecular weight is 359 g/mol. The van der Waals surface area contributed by atoms with Gasteiger partial charge < -0.3 is 14.5 Å². The van der Waals surface area contributed by atoms with Gasteiger partial charge in [0, 0.05) is 31.1 Å². The van der Waals surface area contributed by atoms with Gasteiger partial charge in [-0.15, -0.1) is 11.3 Å². The first-order valence-electron chi connectivity index (χ1n) is 8.55. The molecule has 0 bridgehead atoms. The van der Waals surface area contributed by atoms with E-state index in [1.165, 1.54) is 12.8 Å². The zero-order valence-electron chi connectivity index (χ0n) is 14.0. The molecule has 2 aliphatic rings. The molecule has 0 amide bonds. The third-order valence-electron chi connectivity index (χ3n) is 4.19. The molecule has 2 fully saturated rings. The maximum absolute atomic E-state index is 5.43. The van der Waals surface area contributed by atoms with Crippen LogP contribution >= 0.6 is 11.3 Å². The molecule has 0 unspecified atom stereocenters. The lowest BCUT2D eigenvalue weighted by atomic mass is 10.4. The summed E-state index contributed by atoms with van der Waals surface area (Å²) in [5.74, 6) is 1.89. The van der Waals surface area contributed by atoms with Gasteiger partial charge in [-0.25, -0.2) is 5.43 Å². The van der Waals surface area contributed by atoms with Crippen LogP contribution in [0.1, 0.15) is 17.7 Å². The Bertz CT molecular complexity index is 709. The summed E-state index contributed by atoms with van der Waals surface area (Å²) < 4.78 is 5.43. The fraction of sp³-hybridized carbons (Fsp3) is 0.500. The Labute approximate surface area is 150 Å². The lowest BCUT2D eigenvalue weighted by molar-refractivity contribution is 0.122. The summed E-state index contributed by atoms with van der Waals surface area (Å²) in [7, 11) is 0. The molecule has 4 rings (SSSR count). The lowest BCUT2D eigenvalue weighted by Crippen LogP contribution is -2.38. The third-order valence-corrected chi connectivity index (χ3v) is 5.00. The molecular formula is C16H21N7OS. The monoisotopic (exact) mass is 359 g/mol. The Hall–Kier alpha value is -2.26. The average Bonchev–Trinajstić information content (AvgIpc) is 3.36. The largest absolute Gasteiger partial charge is 0.378 e. The van der Waals surface area contributed by atoms with Crippen molar-refractivity contribution in [1.82, 2.24) is 15.0 Å². The van der Waals surface area contributed by atoms with Crippen molar-refractivity contribution < 1.29 is 4.74 Å². The Kier molecular flexibility index (Phi) is 5.03. The molecule has 0 radical (unpaired) electrons. The van der Waals surface area contributed by atoms with E-state index in [-0.39, 0.29) is 0 Å². The molecule has 9 heteroatoms. The number of nitrogens with zero attached hydrogens (tertiary/aromatic N) is 6. The Morgan fingerprint density at radius 1 is 1.04 bits per heavy atom. The van der Waals surface area contributed by atoms with E-state index in [2.05, 4.69) is 35.3 Å². The van der Waals surface area contributed by atoms with Crippen LogP contribution in [-0.4, -0.2) is 60.6 Å². The lowest BCUT2D eigenvalue weighted by Gasteiger charge is -2.27. The normalized spacial score (nSPS) is 18.2. The predicted molar refractivity (Wildman–Crippen MR) is 99.8 cm³/mol. The van der Waals surface area contributed by atoms with Crippen molar-refractivity contribution in [2.75, 3.05) is 54.6 Å². The molecule has 0 saturated carbocycles. The first kappa shape index (κ1) is 16.2. The molecule has 0 spiro atoms. The summed E-state index contributed by atoms with van der Waals surface area (Å²) in [6.45, 7) is 4.96. The van der Waals surface area contributed by atoms with Crippen LogP contribution in [0.2, 0.25) is 0 Å². The molecule has 0 atom stereocenters. The summed E-state index contributed by atoms with van der Waals surface area (Å²) in [5.41, 5.74) is 2.96. The van der Waals surface area contributed by atoms with Crippen molar-refractivity contribution in [3.63, 3.8) is 0 Å². The second kappa shape index (κ2) is 7.75. The van der Waals surface area contributed by atoms with E-state index < -0.39 is 0 Å². The molecule has 0 aromatic carbocycles. The van der Waals surface area contributed by atoms with Gasteiger partial charge in [-0.2, -0.15) is 20.1 Å². The number of nitrogens with one attached hydrogen (secondary N) is 1. The van der Waals surface area contributed by atoms with Crippen LogP contribution in [0.25, 0.3) is 0 Å². The van der Waals surface area contributed by atoms with Gasteiger partial charge in [-0.05, 0) is 24.3 Å². The van der Waals surface area contributed by atoms with Crippen LogP contribution in [0.4, 0.5) is 17.8 Å². The highest BCUT2D eigenvalue weighted by molar-refractivity contribution is 7.11. The van der Waals surface area contributed by atoms with Crippen LogP contribution in [0.5, 0.6) is 0 Å². The quantitative estimate of drug-likeness (QED) is 0.644. The summed E-state index contributed by atoms with van der Waals surface area (Å²) in [5, 5.41) is 6.28. The summed E-state index contributed by atoms with van der Waals surface area (Å²) in [6.07, 6.45) is 4.13. The molecule has 2 aliphatic heterocycles. The Morgan fingerprint density at radius 3 is 2.44 bits per heavy atom. The number of rotatable bonds is 5. The van der Waals surface area contributed by atoms with Gasteiger partial charge in [0.25, 0.3) is 0 Å². The number of hydrogen-bond acceptors (Lipinski definition) is 9. The van der Waals surface area contributed by atoms with Crippen molar-refractivity contribution >= 4 is 35.4 Å². The van der Waals surface area contributed by atoms with Crippen molar-refractivity contribution in [3.8, 4) is 0 Å². The molecule has 2 aromatic rings. The minimum absolute atomic E-state index is 0.478. The van der Waals surface area contributed by atoms with E-state index in [4.69, 9.17) is 4.74 Å². The van der Waals surface area contributed by atoms with E-state index in [0.717, 1.165) is 37.0 Å². The smallest absolute Gasteiger partial charge is 0.250 e. The summed E-state index contributed by atoms with van der Waals surface area (Å²) in [6, 6.07) is 4.01. The summed E-state index contributed by atoms with van der Waals surface area (Å²) in [4.78, 5) is 19.2. The van der Waals surface area contributed by atoms with Gasteiger partial charge in [-0.1, -0.05) is 6.07 Å². The van der Waals surface area contributed by atoms with Crippen LogP contribution in [0.3, 0.4) is 0 Å². The fourth-order valence-corrected chi connectivity index (χ4v) is 3.47. The zero-order valence-corrected chi connectivity index (χ0v) is 14.8. The summed E-state index contributed by atoms with van der Waals surface area (Å²) >= 11 is 1.63. The molecule has 2 aromatic heterocycles. The molecule has 1 N–H and O–H groups in total. The van der Waals surface area contributed by atoms with Crippen molar-refractivity contribution in [3.05, 3.63) is 22.4 Å². The SMILES string of the molecule is C(=NNc1nc(N2CCCC2)nc(N2CCOCC2)n1)c1cccs1. The number of hydrogen-bond donors (Lipinski definition) is 1. The van der Waals surface area contributed by atoms with Gasteiger partial charge in [0.15, 0.2) is 0 Å². The number of anilines is 3. The van der Waals surface area contributed by atoms with Crippen LogP contribution in [0.15, 0.2) is 22.6 Å². The number of aromatic nitrogens is 3. The second-order valence-electron chi connectivity index (χ2n) is 5.94. The Balaban J connectivity index is 1.56. The number of hydrazone groups is 1. The zero-order chi connectivity index (χ0) is 16.9. The van der Waals surface area contributed by atoms with Crippen LogP contribution in [-0.2, 0) is 4.74 Å². The molecule has 8 nitrogen and oxygen atoms in total. The van der Waals surface area contributed by atoms with Gasteiger partial charge in [0.05, 0.1) is 19.4 Å². The number of morpholine rings is 1. The van der Waals surface area contributed by atoms with E-state index in [9.17, 15) is 0 Å². The van der Waals surface area contributed by atoms with Crippen LogP contribution in [0, 0.1) is 0 Å². The third kappa shape index (κ3) is 4.05. The standard InChI is InChI=1S/C16H21N7OS/c1-2-6-22(5-1)15-18-14(21-17-12-13-4-3-11-25-13)19-16(20-15)23-7-9-24-10-8-23/h3-4,11-12H,1-2,5-10H2,(H,18,19,20,21). The maximum atomic E-state index is 5.43. The Morgan fingerprint density at radius 2 is 1.76 bits per heavy atom. The van der Waals surface area contributed by atoms with Gasteiger partial charge in [0.1, 0.15) is 0 Å². The highest BCUT2D eigenvalue weighted by atomic mass is 32.1. The molecule has 4 heterocycles. The molecule has 2 saturated heterocycles. The van der Waals surface area contributed by atoms with Gasteiger partial charge in [-0.3, -0.25) is 0 Å². The van der Waals surface area contributed by atoms with Gasteiger partial charge in [0.2, 0.25) is 17.8 Å². The number of ether oxygens (including phenoxy) is 1. The first-order chi connectivity index (χ1) is 12.4. The number of thiophene rings is 1. The van der Waals surface area contributed by atoms with E-state index in [1.807, 2.05) is 17.5 Å². The van der Waals surface area contributed by atoms with Crippen molar-refractivity contribution in [2.45, 2.75) is 12.8 Å². The van der Waals surface area contributed by atoms with E-state index in [0.29, 0.717) is 25.1 Å². The second-order valence-corrected chi connectivity index (χ2v) is 6.92. The van der Waals surface area contributed by atoms with E-state index >= 15 is 0 Å². The maximum Gasteiger partial charge on any atom is 0.250 e. The van der Waals surface area contributed by atoms with E-state index in [1.54, 1.807) is 17.6 Å². The minimum Gasteiger partial charge on any atom is -0.378 e. The topological polar surface area (TPSA) is 78.8 Å². The highest BCUT2D eigenvalue weighted by Gasteiger charge is 2.20. The first-order valence-corrected chi connectivity index (χ1v) is 9.43. The molecule has 0 aliphatic carbocycles. The molecule has 132 valence electrons. The fourth-order valence-electron chi connectivity index (χ4n) is 2.89. The van der Waals surface area contributed by atoms with Crippen molar-refractivity contribution in [2.24, 2.45) is 5.10 Å². The minimum atomic E-state index is 0.478. The molecule has 25 heavy (non-hydrogen) atoms. The van der Waals surface area contributed by atoms with Crippen molar-refractivity contribution in [1.29, 1.82) is 0 Å². The predicted octanol–water partition coefficient (Wildman–Crippen LogP) is 1.82.